The number of alkyl halides is 1. The van der Waals surface area contributed by atoms with Crippen LogP contribution in [0.25, 0.3) is 0 Å². The second kappa shape index (κ2) is 10.9. The van der Waals surface area contributed by atoms with Gasteiger partial charge in [0.25, 0.3) is 0 Å². The van der Waals surface area contributed by atoms with Crippen LogP contribution in [0.4, 0.5) is 0 Å². The SMILES string of the molecule is I[14CH]1CCCCCCCCCCCCCC1. The van der Waals surface area contributed by atoms with Crippen molar-refractivity contribution in [2.45, 2.75) is 93.8 Å². The third-order valence-corrected chi connectivity index (χ3v) is 5.03. The molecule has 0 amide bonds. The van der Waals surface area contributed by atoms with E-state index in [0.717, 1.165) is 3.92 Å². The summed E-state index contributed by atoms with van der Waals surface area (Å²) in [6.45, 7) is 0. The van der Waals surface area contributed by atoms with E-state index in [2.05, 4.69) is 22.6 Å². The molecule has 0 N–H and O–H groups in total. The molecular formula is C15H29I. The van der Waals surface area contributed by atoms with Crippen LogP contribution in [0.3, 0.4) is 0 Å². The highest BCUT2D eigenvalue weighted by molar-refractivity contribution is 14.1. The molecule has 1 aliphatic carbocycles. The number of hydrogen-bond acceptors (Lipinski definition) is 0. The van der Waals surface area contributed by atoms with E-state index < -0.39 is 0 Å². The Labute approximate surface area is 116 Å². The third-order valence-electron chi connectivity index (χ3n) is 3.78. The molecule has 0 saturated heterocycles. The Balaban J connectivity index is 2.10. The van der Waals surface area contributed by atoms with Crippen molar-refractivity contribution in [2.24, 2.45) is 0 Å². The van der Waals surface area contributed by atoms with Crippen molar-refractivity contribution in [1.82, 2.24) is 0 Å². The molecule has 0 atom stereocenters. The van der Waals surface area contributed by atoms with Crippen molar-refractivity contribution in [1.29, 1.82) is 0 Å². The Bertz CT molecular complexity index is 128. The first-order valence-electron chi connectivity index (χ1n) is 7.53. The van der Waals surface area contributed by atoms with Crippen LogP contribution in [0, 0.1) is 0 Å². The van der Waals surface area contributed by atoms with Crippen LogP contribution in [-0.2, 0) is 0 Å². The van der Waals surface area contributed by atoms with Crippen molar-refractivity contribution in [3.05, 3.63) is 0 Å². The maximum atomic E-state index is 2.68. The van der Waals surface area contributed by atoms with Gasteiger partial charge < -0.3 is 0 Å². The van der Waals surface area contributed by atoms with Gasteiger partial charge in [-0.15, -0.1) is 0 Å². The molecule has 0 aromatic rings. The largest absolute Gasteiger partial charge is 0.0826 e. The Hall–Kier alpha value is 0.730. The molecule has 96 valence electrons. The average molecular weight is 338 g/mol. The molecule has 1 saturated carbocycles. The molecule has 0 bridgehead atoms. The Morgan fingerprint density at radius 2 is 0.688 bits per heavy atom. The van der Waals surface area contributed by atoms with Crippen LogP contribution in [0.1, 0.15) is 89.9 Å². The minimum Gasteiger partial charge on any atom is -0.0826 e. The van der Waals surface area contributed by atoms with Crippen LogP contribution in [0.15, 0.2) is 0 Å². The molecule has 0 aromatic carbocycles. The van der Waals surface area contributed by atoms with Crippen molar-refractivity contribution in [2.75, 3.05) is 0 Å². The monoisotopic (exact) mass is 338 g/mol. The van der Waals surface area contributed by atoms with Crippen LogP contribution in [-0.4, -0.2) is 3.92 Å². The lowest BCUT2D eigenvalue weighted by molar-refractivity contribution is 0.548. The zero-order valence-electron chi connectivity index (χ0n) is 10.9. The van der Waals surface area contributed by atoms with Crippen molar-refractivity contribution >= 4 is 22.6 Å². The fourth-order valence-corrected chi connectivity index (χ4v) is 3.52. The fraction of sp³-hybridized carbons (Fsp3) is 1.00. The van der Waals surface area contributed by atoms with Crippen molar-refractivity contribution in [3.63, 3.8) is 0 Å². The summed E-state index contributed by atoms with van der Waals surface area (Å²) in [5.74, 6) is 0. The Morgan fingerprint density at radius 1 is 0.438 bits per heavy atom. The topological polar surface area (TPSA) is 0 Å². The molecule has 1 heteroatoms. The highest BCUT2D eigenvalue weighted by Crippen LogP contribution is 2.20. The van der Waals surface area contributed by atoms with Crippen molar-refractivity contribution in [3.8, 4) is 0 Å². The van der Waals surface area contributed by atoms with Crippen LogP contribution >= 0.6 is 22.6 Å². The zero-order chi connectivity index (χ0) is 11.5. The second-order valence-corrected chi connectivity index (χ2v) is 7.18. The van der Waals surface area contributed by atoms with Crippen LogP contribution < -0.4 is 0 Å². The van der Waals surface area contributed by atoms with Gasteiger partial charge in [0.15, 0.2) is 0 Å². The molecule has 1 rings (SSSR count). The first kappa shape index (κ1) is 14.8. The van der Waals surface area contributed by atoms with Crippen LogP contribution in [0.2, 0.25) is 0 Å². The Kier molecular flexibility index (Phi) is 10.0. The van der Waals surface area contributed by atoms with Gasteiger partial charge in [0.05, 0.1) is 0 Å². The van der Waals surface area contributed by atoms with Gasteiger partial charge in [0.2, 0.25) is 0 Å². The maximum absolute atomic E-state index is 2.68. The van der Waals surface area contributed by atoms with E-state index in [0.29, 0.717) is 0 Å². The average Bonchev–Trinajstić information content (AvgIpc) is 2.29. The summed E-state index contributed by atoms with van der Waals surface area (Å²) in [4.78, 5) is 0. The van der Waals surface area contributed by atoms with E-state index in [4.69, 9.17) is 0 Å². The van der Waals surface area contributed by atoms with E-state index in [1.165, 1.54) is 89.9 Å². The molecule has 0 spiro atoms. The molecule has 16 heavy (non-hydrogen) atoms. The first-order valence-corrected chi connectivity index (χ1v) is 8.78. The van der Waals surface area contributed by atoms with E-state index in [9.17, 15) is 0 Å². The summed E-state index contributed by atoms with van der Waals surface area (Å²) >= 11 is 2.68. The van der Waals surface area contributed by atoms with Gasteiger partial charge >= 0.3 is 0 Å². The molecule has 1 fully saturated rings. The summed E-state index contributed by atoms with van der Waals surface area (Å²) in [6.07, 6.45) is 20.8. The molecule has 0 radical (unpaired) electrons. The predicted molar refractivity (Wildman–Crippen MR) is 82.4 cm³/mol. The molecule has 0 nitrogen and oxygen atoms in total. The summed E-state index contributed by atoms with van der Waals surface area (Å²) in [5, 5.41) is 0. The summed E-state index contributed by atoms with van der Waals surface area (Å²) in [5.41, 5.74) is 0. The number of hydrogen-bond donors (Lipinski definition) is 0. The van der Waals surface area contributed by atoms with Gasteiger partial charge in [-0.2, -0.15) is 0 Å². The number of rotatable bonds is 0. The van der Waals surface area contributed by atoms with E-state index in [1.807, 2.05) is 0 Å². The summed E-state index contributed by atoms with van der Waals surface area (Å²) in [7, 11) is 0. The van der Waals surface area contributed by atoms with Gasteiger partial charge in [-0.3, -0.25) is 0 Å². The van der Waals surface area contributed by atoms with Gasteiger partial charge in [0.1, 0.15) is 0 Å². The fourth-order valence-electron chi connectivity index (χ4n) is 2.64. The minimum atomic E-state index is 0.961. The molecule has 0 unspecified atom stereocenters. The summed E-state index contributed by atoms with van der Waals surface area (Å²) in [6, 6.07) is 0. The zero-order valence-corrected chi connectivity index (χ0v) is 13.0. The third kappa shape index (κ3) is 8.83. The molecular weight excluding hydrogens is 309 g/mol. The first-order chi connectivity index (χ1) is 7.89. The highest BCUT2D eigenvalue weighted by Gasteiger charge is 2.04. The smallest absolute Gasteiger partial charge is 0.0110 e. The molecule has 0 heterocycles. The van der Waals surface area contributed by atoms with E-state index >= 15 is 0 Å². The van der Waals surface area contributed by atoms with Crippen LogP contribution in [0.5, 0.6) is 0 Å². The van der Waals surface area contributed by atoms with E-state index in [-0.39, 0.29) is 0 Å². The normalized spacial score (nSPS) is 24.6. The lowest BCUT2D eigenvalue weighted by Crippen LogP contribution is -1.97. The molecule has 1 aliphatic rings. The minimum absolute atomic E-state index is 0.961. The lowest BCUT2D eigenvalue weighted by atomic mass is 10.1. The lowest BCUT2D eigenvalue weighted by Gasteiger charge is -2.09. The number of halogens is 1. The van der Waals surface area contributed by atoms with Gasteiger partial charge in [0, 0.05) is 3.92 Å². The van der Waals surface area contributed by atoms with Gasteiger partial charge in [-0.05, 0) is 12.8 Å². The summed E-state index contributed by atoms with van der Waals surface area (Å²) < 4.78 is 0.961. The Morgan fingerprint density at radius 3 is 1.00 bits per heavy atom. The molecule has 0 aromatic heterocycles. The quantitative estimate of drug-likeness (QED) is 0.361. The predicted octanol–water partition coefficient (Wildman–Crippen LogP) is 6.27. The highest BCUT2D eigenvalue weighted by atomic mass is 127. The second-order valence-electron chi connectivity index (χ2n) is 5.42. The standard InChI is InChI=1S/C15H29I/c16-15-13-11-9-7-5-3-1-2-4-6-8-10-12-14-15/h15H,1-14H2/i15+2. The van der Waals surface area contributed by atoms with E-state index in [1.54, 1.807) is 0 Å². The van der Waals surface area contributed by atoms with Gasteiger partial charge in [-0.1, -0.05) is 99.6 Å². The van der Waals surface area contributed by atoms with Crippen molar-refractivity contribution < 1.29 is 0 Å². The maximum Gasteiger partial charge on any atom is 0.0110 e. The molecule has 0 aliphatic heterocycles. The van der Waals surface area contributed by atoms with Gasteiger partial charge in [-0.25, -0.2) is 0 Å².